The highest BCUT2D eigenvalue weighted by atomic mass is 35.5. The Kier molecular flexibility index (Phi) is 3.39. The highest BCUT2D eigenvalue weighted by molar-refractivity contribution is 7.09. The largest absolute Gasteiger partial charge is 0.319 e. The van der Waals surface area contributed by atoms with E-state index in [0.717, 1.165) is 11.5 Å². The van der Waals surface area contributed by atoms with Crippen LogP contribution >= 0.6 is 23.1 Å². The zero-order valence-corrected chi connectivity index (χ0v) is 9.97. The molecule has 2 heterocycles. The lowest BCUT2D eigenvalue weighted by Crippen LogP contribution is -2.14. The minimum absolute atomic E-state index is 0.127. The van der Waals surface area contributed by atoms with Crippen LogP contribution in [0.25, 0.3) is 0 Å². The summed E-state index contributed by atoms with van der Waals surface area (Å²) in [6.07, 6.45) is 1.20. The van der Waals surface area contributed by atoms with Gasteiger partial charge in [-0.25, -0.2) is 4.98 Å². The number of nitrogens with zero attached hydrogens (tertiary/aromatic N) is 5. The number of pyridine rings is 1. The molecule has 0 spiro atoms. The van der Waals surface area contributed by atoms with Crippen molar-refractivity contribution in [2.45, 2.75) is 0 Å². The van der Waals surface area contributed by atoms with Crippen LogP contribution in [0.2, 0.25) is 5.15 Å². The van der Waals surface area contributed by atoms with Gasteiger partial charge in [0.1, 0.15) is 5.56 Å². The Bertz CT molecular complexity index is 603. The molecule has 1 amide bonds. The molecular formula is C7H3ClN6O3S. The number of rotatable bonds is 3. The smallest absolute Gasteiger partial charge is 0.295 e. The molecule has 0 radical (unpaired) electrons. The van der Waals surface area contributed by atoms with Crippen molar-refractivity contribution in [1.29, 1.82) is 0 Å². The molecular weight excluding hydrogens is 284 g/mol. The SMILES string of the molecule is O=C(Nc1nnns1)c1ccnc(Cl)c1[N+](=O)[O-]. The Morgan fingerprint density at radius 1 is 1.56 bits per heavy atom. The van der Waals surface area contributed by atoms with E-state index in [2.05, 4.69) is 25.1 Å². The zero-order chi connectivity index (χ0) is 13.1. The molecule has 2 aromatic rings. The summed E-state index contributed by atoms with van der Waals surface area (Å²) in [5.74, 6) is -0.732. The van der Waals surface area contributed by atoms with E-state index in [9.17, 15) is 14.9 Å². The fraction of sp³-hybridized carbons (Fsp3) is 0. The van der Waals surface area contributed by atoms with Gasteiger partial charge in [-0.15, -0.1) is 0 Å². The lowest BCUT2D eigenvalue weighted by Gasteiger charge is -2.02. The van der Waals surface area contributed by atoms with E-state index >= 15 is 0 Å². The second kappa shape index (κ2) is 4.98. The summed E-state index contributed by atoms with van der Waals surface area (Å²) >= 11 is 6.42. The monoisotopic (exact) mass is 286 g/mol. The van der Waals surface area contributed by atoms with E-state index in [-0.39, 0.29) is 15.8 Å². The fourth-order valence-electron chi connectivity index (χ4n) is 1.13. The Labute approximate surface area is 108 Å². The topological polar surface area (TPSA) is 124 Å². The molecule has 2 rings (SSSR count). The third-order valence-corrected chi connectivity index (χ3v) is 2.61. The van der Waals surface area contributed by atoms with Crippen molar-refractivity contribution in [2.75, 3.05) is 5.32 Å². The Morgan fingerprint density at radius 3 is 2.94 bits per heavy atom. The minimum atomic E-state index is -0.775. The number of carbonyl (C=O) groups is 1. The number of anilines is 1. The molecule has 92 valence electrons. The lowest BCUT2D eigenvalue weighted by atomic mass is 10.2. The van der Waals surface area contributed by atoms with E-state index in [0.29, 0.717) is 0 Å². The number of nitrogens with one attached hydrogen (secondary N) is 1. The summed E-state index contributed by atoms with van der Waals surface area (Å²) in [5, 5.41) is 19.7. The number of halogens is 1. The van der Waals surface area contributed by atoms with Crippen molar-refractivity contribution in [2.24, 2.45) is 0 Å². The summed E-state index contributed by atoms with van der Waals surface area (Å²) in [6, 6.07) is 1.19. The Balaban J connectivity index is 2.36. The van der Waals surface area contributed by atoms with Gasteiger partial charge in [-0.05, 0) is 11.3 Å². The van der Waals surface area contributed by atoms with Crippen molar-refractivity contribution in [3.63, 3.8) is 0 Å². The van der Waals surface area contributed by atoms with Crippen LogP contribution in [0.5, 0.6) is 0 Å². The number of hydrogen-bond acceptors (Lipinski definition) is 8. The van der Waals surface area contributed by atoms with E-state index < -0.39 is 16.5 Å². The third-order valence-electron chi connectivity index (χ3n) is 1.83. The van der Waals surface area contributed by atoms with E-state index in [4.69, 9.17) is 11.6 Å². The second-order valence-electron chi connectivity index (χ2n) is 2.88. The second-order valence-corrected chi connectivity index (χ2v) is 3.97. The maximum absolute atomic E-state index is 11.8. The van der Waals surface area contributed by atoms with Crippen molar-refractivity contribution in [1.82, 2.24) is 19.8 Å². The lowest BCUT2D eigenvalue weighted by molar-refractivity contribution is -0.385. The molecule has 0 unspecified atom stereocenters. The molecule has 0 aliphatic rings. The van der Waals surface area contributed by atoms with E-state index in [1.807, 2.05) is 0 Å². The molecule has 0 aliphatic heterocycles. The molecule has 2 aromatic heterocycles. The average molecular weight is 287 g/mol. The molecule has 0 atom stereocenters. The highest BCUT2D eigenvalue weighted by Gasteiger charge is 2.25. The normalized spacial score (nSPS) is 10.1. The summed E-state index contributed by atoms with van der Waals surface area (Å²) in [5.41, 5.74) is -0.774. The summed E-state index contributed by atoms with van der Waals surface area (Å²) in [4.78, 5) is 25.4. The highest BCUT2D eigenvalue weighted by Crippen LogP contribution is 2.26. The van der Waals surface area contributed by atoms with Crippen LogP contribution < -0.4 is 5.32 Å². The summed E-state index contributed by atoms with van der Waals surface area (Å²) in [6.45, 7) is 0. The average Bonchev–Trinajstić information content (AvgIpc) is 2.80. The minimum Gasteiger partial charge on any atom is -0.295 e. The number of hydrogen-bond donors (Lipinski definition) is 1. The standard InChI is InChI=1S/C7H3ClN6O3S/c8-5-4(14(16)17)3(1-2-9-5)6(15)10-7-11-12-13-18-7/h1-2H,(H,10,11,13,15). The predicted octanol–water partition coefficient (Wildman–Crippen LogP) is 1.14. The summed E-state index contributed by atoms with van der Waals surface area (Å²) in [7, 11) is 0. The van der Waals surface area contributed by atoms with Crippen molar-refractivity contribution in [3.05, 3.63) is 33.1 Å². The molecule has 18 heavy (non-hydrogen) atoms. The Morgan fingerprint density at radius 2 is 2.33 bits per heavy atom. The zero-order valence-electron chi connectivity index (χ0n) is 8.40. The molecule has 0 saturated carbocycles. The molecule has 9 nitrogen and oxygen atoms in total. The first-order chi connectivity index (χ1) is 8.59. The van der Waals surface area contributed by atoms with Crippen LogP contribution in [0, 0.1) is 10.1 Å². The first-order valence-electron chi connectivity index (χ1n) is 4.35. The molecule has 0 saturated heterocycles. The molecule has 0 bridgehead atoms. The quantitative estimate of drug-likeness (QED) is 0.509. The van der Waals surface area contributed by atoms with Gasteiger partial charge in [0.15, 0.2) is 0 Å². The molecule has 1 N–H and O–H groups in total. The van der Waals surface area contributed by atoms with Crippen LogP contribution in [0.4, 0.5) is 10.8 Å². The predicted molar refractivity (Wildman–Crippen MR) is 61.6 cm³/mol. The van der Waals surface area contributed by atoms with Crippen LogP contribution in [-0.4, -0.2) is 30.6 Å². The van der Waals surface area contributed by atoms with Crippen LogP contribution in [0.15, 0.2) is 12.3 Å². The molecule has 11 heteroatoms. The molecule has 0 fully saturated rings. The van der Waals surface area contributed by atoms with Gasteiger partial charge in [0.05, 0.1) is 4.92 Å². The van der Waals surface area contributed by atoms with Gasteiger partial charge >= 0.3 is 5.69 Å². The first kappa shape index (κ1) is 12.3. The van der Waals surface area contributed by atoms with Gasteiger partial charge < -0.3 is 0 Å². The van der Waals surface area contributed by atoms with Crippen LogP contribution in [0.1, 0.15) is 10.4 Å². The fourth-order valence-corrected chi connectivity index (χ4v) is 1.72. The number of aromatic nitrogens is 4. The van der Waals surface area contributed by atoms with Gasteiger partial charge in [0.2, 0.25) is 10.3 Å². The Hall–Kier alpha value is -2.20. The number of amides is 1. The number of nitro groups is 1. The van der Waals surface area contributed by atoms with Crippen molar-refractivity contribution < 1.29 is 9.72 Å². The maximum Gasteiger partial charge on any atom is 0.319 e. The third kappa shape index (κ3) is 2.38. The van der Waals surface area contributed by atoms with Gasteiger partial charge in [-0.3, -0.25) is 20.2 Å². The first-order valence-corrected chi connectivity index (χ1v) is 5.50. The van der Waals surface area contributed by atoms with Gasteiger partial charge in [-0.1, -0.05) is 21.2 Å². The number of carbonyl (C=O) groups excluding carboxylic acids is 1. The van der Waals surface area contributed by atoms with E-state index in [1.165, 1.54) is 12.3 Å². The van der Waals surface area contributed by atoms with Crippen molar-refractivity contribution in [3.8, 4) is 0 Å². The van der Waals surface area contributed by atoms with Crippen LogP contribution in [-0.2, 0) is 0 Å². The maximum atomic E-state index is 11.8. The molecule has 0 aliphatic carbocycles. The van der Waals surface area contributed by atoms with Crippen molar-refractivity contribution >= 4 is 39.9 Å². The molecule has 0 aromatic carbocycles. The van der Waals surface area contributed by atoms with Gasteiger partial charge in [0.25, 0.3) is 5.91 Å². The van der Waals surface area contributed by atoms with Crippen LogP contribution in [0.3, 0.4) is 0 Å². The van der Waals surface area contributed by atoms with Gasteiger partial charge in [-0.2, -0.15) is 0 Å². The summed E-state index contributed by atoms with van der Waals surface area (Å²) < 4.78 is 3.44. The van der Waals surface area contributed by atoms with E-state index in [1.54, 1.807) is 0 Å². The van der Waals surface area contributed by atoms with Gasteiger partial charge in [0, 0.05) is 17.7 Å².